The number of hydrogen-bond acceptors (Lipinski definition) is 3. The Morgan fingerprint density at radius 1 is 1.22 bits per heavy atom. The maximum Gasteiger partial charge on any atom is 0.405 e. The molecular formula is C15H15F3N4O. The minimum Gasteiger partial charge on any atom is -0.359 e. The molecule has 1 amide bonds. The van der Waals surface area contributed by atoms with Crippen LogP contribution in [0.3, 0.4) is 0 Å². The van der Waals surface area contributed by atoms with E-state index >= 15 is 0 Å². The van der Waals surface area contributed by atoms with Gasteiger partial charge in [0.1, 0.15) is 6.54 Å². The van der Waals surface area contributed by atoms with Gasteiger partial charge in [0.05, 0.1) is 23.1 Å². The summed E-state index contributed by atoms with van der Waals surface area (Å²) in [4.78, 5) is 15.4. The second-order valence-electron chi connectivity index (χ2n) is 5.38. The van der Waals surface area contributed by atoms with Crippen molar-refractivity contribution in [2.24, 2.45) is 7.05 Å². The fourth-order valence-corrected chi connectivity index (χ4v) is 2.70. The number of aromatic nitrogens is 2. The topological polar surface area (TPSA) is 41.4 Å². The van der Waals surface area contributed by atoms with Gasteiger partial charge in [0.15, 0.2) is 0 Å². The summed E-state index contributed by atoms with van der Waals surface area (Å²) >= 11 is 0. The number of anilines is 2. The number of carbonyl (C=O) groups is 1. The number of aryl methyl sites for hydroxylation is 1. The molecule has 2 heterocycles. The average molecular weight is 324 g/mol. The molecule has 0 bridgehead atoms. The summed E-state index contributed by atoms with van der Waals surface area (Å²) in [7, 11) is 1.70. The average Bonchev–Trinajstić information content (AvgIpc) is 2.92. The molecule has 23 heavy (non-hydrogen) atoms. The number of hydrogen-bond donors (Lipinski definition) is 0. The van der Waals surface area contributed by atoms with Crippen LogP contribution in [0, 0.1) is 0 Å². The first-order valence-corrected chi connectivity index (χ1v) is 7.06. The van der Waals surface area contributed by atoms with E-state index in [9.17, 15) is 18.0 Å². The molecule has 1 aliphatic heterocycles. The lowest BCUT2D eigenvalue weighted by Crippen LogP contribution is -2.47. The van der Waals surface area contributed by atoms with E-state index in [2.05, 4.69) is 5.10 Å². The molecule has 122 valence electrons. The van der Waals surface area contributed by atoms with Crippen molar-refractivity contribution in [2.45, 2.75) is 6.18 Å². The zero-order chi connectivity index (χ0) is 16.6. The third-order valence-corrected chi connectivity index (χ3v) is 3.67. The summed E-state index contributed by atoms with van der Waals surface area (Å²) in [5.74, 6) is -0.266. The first-order chi connectivity index (χ1) is 10.8. The lowest BCUT2D eigenvalue weighted by molar-refractivity contribution is -0.119. The van der Waals surface area contributed by atoms with Crippen LogP contribution < -0.4 is 9.80 Å². The molecule has 8 heteroatoms. The maximum absolute atomic E-state index is 12.7. The van der Waals surface area contributed by atoms with Crippen molar-refractivity contribution < 1.29 is 18.0 Å². The number of para-hydroxylation sites is 2. The predicted molar refractivity (Wildman–Crippen MR) is 79.6 cm³/mol. The Morgan fingerprint density at radius 3 is 2.52 bits per heavy atom. The van der Waals surface area contributed by atoms with Crippen molar-refractivity contribution in [3.63, 3.8) is 0 Å². The largest absolute Gasteiger partial charge is 0.405 e. The molecule has 0 unspecified atom stereocenters. The van der Waals surface area contributed by atoms with Gasteiger partial charge in [-0.1, -0.05) is 12.1 Å². The van der Waals surface area contributed by atoms with Gasteiger partial charge in [0.25, 0.3) is 5.91 Å². The summed E-state index contributed by atoms with van der Waals surface area (Å²) in [6.07, 6.45) is -1.25. The van der Waals surface area contributed by atoms with E-state index in [0.29, 0.717) is 16.9 Å². The summed E-state index contributed by atoms with van der Waals surface area (Å²) in [6, 6.07) is 6.63. The van der Waals surface area contributed by atoms with Gasteiger partial charge in [-0.2, -0.15) is 18.3 Å². The van der Waals surface area contributed by atoms with Crippen LogP contribution in [0.4, 0.5) is 24.5 Å². The smallest absolute Gasteiger partial charge is 0.359 e. The van der Waals surface area contributed by atoms with Crippen molar-refractivity contribution in [1.29, 1.82) is 0 Å². The minimum absolute atomic E-state index is 0.128. The van der Waals surface area contributed by atoms with Crippen LogP contribution >= 0.6 is 0 Å². The van der Waals surface area contributed by atoms with E-state index in [-0.39, 0.29) is 19.0 Å². The van der Waals surface area contributed by atoms with E-state index < -0.39 is 12.7 Å². The van der Waals surface area contributed by atoms with Crippen molar-refractivity contribution in [1.82, 2.24) is 9.78 Å². The number of fused-ring (bicyclic) bond motifs is 1. The van der Waals surface area contributed by atoms with Crippen molar-refractivity contribution >= 4 is 17.3 Å². The van der Waals surface area contributed by atoms with Crippen LogP contribution in [0.15, 0.2) is 36.7 Å². The van der Waals surface area contributed by atoms with Gasteiger partial charge in [0.2, 0.25) is 0 Å². The van der Waals surface area contributed by atoms with Gasteiger partial charge < -0.3 is 9.80 Å². The van der Waals surface area contributed by atoms with Gasteiger partial charge in [-0.3, -0.25) is 9.48 Å². The highest BCUT2D eigenvalue weighted by atomic mass is 19.4. The second-order valence-corrected chi connectivity index (χ2v) is 5.38. The Morgan fingerprint density at radius 2 is 1.91 bits per heavy atom. The number of halogens is 3. The van der Waals surface area contributed by atoms with E-state index in [4.69, 9.17) is 0 Å². The molecule has 0 spiro atoms. The number of amides is 1. The minimum atomic E-state index is -4.29. The van der Waals surface area contributed by atoms with Crippen molar-refractivity contribution in [2.75, 3.05) is 29.4 Å². The third-order valence-electron chi connectivity index (χ3n) is 3.67. The highest BCUT2D eigenvalue weighted by Gasteiger charge is 2.35. The zero-order valence-electron chi connectivity index (χ0n) is 12.4. The molecular weight excluding hydrogens is 309 g/mol. The third kappa shape index (κ3) is 3.15. The summed E-state index contributed by atoms with van der Waals surface area (Å²) in [5, 5.41) is 3.96. The summed E-state index contributed by atoms with van der Waals surface area (Å²) in [5.41, 5.74) is 1.30. The molecule has 0 fully saturated rings. The van der Waals surface area contributed by atoms with Crippen LogP contribution in [-0.2, 0) is 7.05 Å². The molecule has 1 aromatic heterocycles. The second kappa shape index (κ2) is 5.60. The highest BCUT2D eigenvalue weighted by Crippen LogP contribution is 2.35. The van der Waals surface area contributed by atoms with Gasteiger partial charge >= 0.3 is 6.18 Å². The van der Waals surface area contributed by atoms with Crippen LogP contribution in [0.25, 0.3) is 0 Å². The summed E-state index contributed by atoms with van der Waals surface area (Å²) in [6.45, 7) is -0.706. The standard InChI is InChI=1S/C15H15F3N4O/c1-20-9-11(8-19-20)14(23)22-7-6-21(10-15(16,17)18)12-4-2-3-5-13(12)22/h2-5,8-9H,6-7,10H2,1H3. The van der Waals surface area contributed by atoms with Gasteiger partial charge in [-0.25, -0.2) is 0 Å². The highest BCUT2D eigenvalue weighted by molar-refractivity contribution is 6.08. The number of benzene rings is 1. The van der Waals surface area contributed by atoms with E-state index in [0.717, 1.165) is 0 Å². The van der Waals surface area contributed by atoms with Crippen molar-refractivity contribution in [3.05, 3.63) is 42.2 Å². The molecule has 0 atom stereocenters. The van der Waals surface area contributed by atoms with Crippen molar-refractivity contribution in [3.8, 4) is 0 Å². The lowest BCUT2D eigenvalue weighted by atomic mass is 10.1. The molecule has 0 saturated carbocycles. The first kappa shape index (κ1) is 15.4. The quantitative estimate of drug-likeness (QED) is 0.852. The zero-order valence-corrected chi connectivity index (χ0v) is 12.4. The molecule has 3 rings (SSSR count). The Balaban J connectivity index is 1.92. The number of rotatable bonds is 2. The summed E-state index contributed by atoms with van der Waals surface area (Å²) < 4.78 is 39.7. The lowest BCUT2D eigenvalue weighted by Gasteiger charge is -2.37. The van der Waals surface area contributed by atoms with E-state index in [1.54, 1.807) is 37.5 Å². The molecule has 0 saturated heterocycles. The number of carbonyl (C=O) groups excluding carboxylic acids is 1. The number of nitrogens with zero attached hydrogens (tertiary/aromatic N) is 4. The SMILES string of the molecule is Cn1cc(C(=O)N2CCN(CC(F)(F)F)c3ccccc32)cn1. The van der Waals surface area contributed by atoms with E-state index in [1.165, 1.54) is 20.7 Å². The fraction of sp³-hybridized carbons (Fsp3) is 0.333. The van der Waals surface area contributed by atoms with Gasteiger partial charge in [-0.05, 0) is 12.1 Å². The Bertz CT molecular complexity index is 726. The monoisotopic (exact) mass is 324 g/mol. The normalized spacial score (nSPS) is 14.8. The predicted octanol–water partition coefficient (Wildman–Crippen LogP) is 2.45. The molecule has 2 aromatic rings. The molecule has 5 nitrogen and oxygen atoms in total. The molecule has 0 aliphatic carbocycles. The van der Waals surface area contributed by atoms with Crippen LogP contribution in [-0.4, -0.2) is 41.5 Å². The molecule has 1 aromatic carbocycles. The van der Waals surface area contributed by atoms with Gasteiger partial charge in [-0.15, -0.1) is 0 Å². The van der Waals surface area contributed by atoms with Gasteiger partial charge in [0, 0.05) is 26.3 Å². The molecule has 1 aliphatic rings. The fourth-order valence-electron chi connectivity index (χ4n) is 2.70. The Labute approximate surface area is 130 Å². The Kier molecular flexibility index (Phi) is 3.75. The van der Waals surface area contributed by atoms with E-state index in [1.807, 2.05) is 0 Å². The maximum atomic E-state index is 12.7. The molecule has 0 radical (unpaired) electrons. The Hall–Kier alpha value is -2.51. The van der Waals surface area contributed by atoms with Crippen LogP contribution in [0.2, 0.25) is 0 Å². The van der Waals surface area contributed by atoms with Crippen LogP contribution in [0.1, 0.15) is 10.4 Å². The van der Waals surface area contributed by atoms with Crippen LogP contribution in [0.5, 0.6) is 0 Å². The first-order valence-electron chi connectivity index (χ1n) is 7.06. The number of alkyl halides is 3. The molecule has 0 N–H and O–H groups in total.